The minimum Gasteiger partial charge on any atom is -0.465 e. The van der Waals surface area contributed by atoms with E-state index in [2.05, 4.69) is 15.0 Å². The average Bonchev–Trinajstić information content (AvgIpc) is 3.28. The Morgan fingerprint density at radius 1 is 1.70 bits per heavy atom. The Hall–Kier alpha value is -2.22. The number of nitrogens with zero attached hydrogens (tertiary/aromatic N) is 2. The third-order valence-electron chi connectivity index (χ3n) is 3.13. The SMILES string of the molecule is COC(=O)c1cnc(NCC(O)C2CC2)c([N+](=O)[O-])c1. The van der Waals surface area contributed by atoms with Crippen molar-refractivity contribution >= 4 is 17.5 Å². The molecule has 1 heterocycles. The number of aliphatic hydroxyl groups excluding tert-OH is 1. The average molecular weight is 281 g/mol. The molecule has 2 rings (SSSR count). The molecule has 0 aromatic carbocycles. The molecule has 0 amide bonds. The Morgan fingerprint density at radius 2 is 2.40 bits per heavy atom. The summed E-state index contributed by atoms with van der Waals surface area (Å²) in [7, 11) is 1.19. The quantitative estimate of drug-likeness (QED) is 0.453. The van der Waals surface area contributed by atoms with Gasteiger partial charge in [0.15, 0.2) is 0 Å². The summed E-state index contributed by atoms with van der Waals surface area (Å²) >= 11 is 0. The molecule has 8 heteroatoms. The number of hydrogen-bond donors (Lipinski definition) is 2. The van der Waals surface area contributed by atoms with Crippen molar-refractivity contribution in [1.82, 2.24) is 4.98 Å². The van der Waals surface area contributed by atoms with Gasteiger partial charge in [0.2, 0.25) is 5.82 Å². The lowest BCUT2D eigenvalue weighted by molar-refractivity contribution is -0.384. The molecule has 0 saturated heterocycles. The molecular weight excluding hydrogens is 266 g/mol. The lowest BCUT2D eigenvalue weighted by Crippen LogP contribution is -2.22. The van der Waals surface area contributed by atoms with E-state index in [1.54, 1.807) is 0 Å². The largest absolute Gasteiger partial charge is 0.465 e. The van der Waals surface area contributed by atoms with E-state index < -0.39 is 17.0 Å². The Labute approximate surface area is 114 Å². The van der Waals surface area contributed by atoms with E-state index in [1.807, 2.05) is 0 Å². The van der Waals surface area contributed by atoms with Crippen LogP contribution >= 0.6 is 0 Å². The molecule has 1 aromatic heterocycles. The third kappa shape index (κ3) is 3.21. The molecule has 20 heavy (non-hydrogen) atoms. The Kier molecular flexibility index (Phi) is 4.14. The Bertz CT molecular complexity index is 530. The standard InChI is InChI=1S/C12H15N3O5/c1-20-12(17)8-4-9(15(18)19)11(13-5-8)14-6-10(16)7-2-3-7/h4-5,7,10,16H,2-3,6H2,1H3,(H,13,14). The van der Waals surface area contributed by atoms with Gasteiger partial charge >= 0.3 is 11.7 Å². The second-order valence-corrected chi connectivity index (χ2v) is 4.63. The van der Waals surface area contributed by atoms with Gasteiger partial charge in [0.25, 0.3) is 0 Å². The van der Waals surface area contributed by atoms with Crippen molar-refractivity contribution in [3.8, 4) is 0 Å². The topological polar surface area (TPSA) is 115 Å². The number of nitro groups is 1. The number of ether oxygens (including phenoxy) is 1. The van der Waals surface area contributed by atoms with Crippen LogP contribution in [0.1, 0.15) is 23.2 Å². The van der Waals surface area contributed by atoms with E-state index in [4.69, 9.17) is 0 Å². The van der Waals surface area contributed by atoms with Gasteiger partial charge < -0.3 is 15.2 Å². The highest BCUT2D eigenvalue weighted by atomic mass is 16.6. The summed E-state index contributed by atoms with van der Waals surface area (Å²) in [5, 5.41) is 23.5. The summed E-state index contributed by atoms with van der Waals surface area (Å²) in [6.45, 7) is 0.191. The number of pyridine rings is 1. The van der Waals surface area contributed by atoms with E-state index in [1.165, 1.54) is 13.3 Å². The van der Waals surface area contributed by atoms with Crippen LogP contribution in [0.25, 0.3) is 0 Å². The third-order valence-corrected chi connectivity index (χ3v) is 3.13. The van der Waals surface area contributed by atoms with Gasteiger partial charge in [-0.05, 0) is 18.8 Å². The molecule has 0 bridgehead atoms. The molecule has 0 aliphatic heterocycles. The number of esters is 1. The van der Waals surface area contributed by atoms with Crippen molar-refractivity contribution in [2.24, 2.45) is 5.92 Å². The van der Waals surface area contributed by atoms with Crippen LogP contribution in [-0.4, -0.2) is 40.7 Å². The minimum absolute atomic E-state index is 0.00694. The maximum Gasteiger partial charge on any atom is 0.339 e. The fourth-order valence-corrected chi connectivity index (χ4v) is 1.81. The molecular formula is C12H15N3O5. The Balaban J connectivity index is 2.14. The van der Waals surface area contributed by atoms with E-state index in [9.17, 15) is 20.0 Å². The van der Waals surface area contributed by atoms with Gasteiger partial charge in [0.05, 0.1) is 23.7 Å². The van der Waals surface area contributed by atoms with Gasteiger partial charge in [-0.2, -0.15) is 0 Å². The maximum atomic E-state index is 11.3. The summed E-state index contributed by atoms with van der Waals surface area (Å²) in [6.07, 6.45) is 2.60. The molecule has 1 unspecified atom stereocenters. The summed E-state index contributed by atoms with van der Waals surface area (Å²) in [5.74, 6) is -0.400. The lowest BCUT2D eigenvalue weighted by atomic mass is 10.2. The van der Waals surface area contributed by atoms with E-state index in [-0.39, 0.29) is 29.5 Å². The number of methoxy groups -OCH3 is 1. The van der Waals surface area contributed by atoms with Gasteiger partial charge in [0.1, 0.15) is 0 Å². The maximum absolute atomic E-state index is 11.3. The van der Waals surface area contributed by atoms with Crippen LogP contribution in [0.3, 0.4) is 0 Å². The Morgan fingerprint density at radius 3 is 2.95 bits per heavy atom. The molecule has 2 N–H and O–H groups in total. The van der Waals surface area contributed by atoms with Crippen molar-refractivity contribution in [2.75, 3.05) is 19.0 Å². The highest BCUT2D eigenvalue weighted by Crippen LogP contribution is 2.33. The number of anilines is 1. The minimum atomic E-state index is -0.690. The van der Waals surface area contributed by atoms with Crippen LogP contribution in [0.5, 0.6) is 0 Å². The normalized spacial score (nSPS) is 15.5. The van der Waals surface area contributed by atoms with Gasteiger partial charge in [-0.25, -0.2) is 9.78 Å². The number of carbonyl (C=O) groups is 1. The predicted molar refractivity (Wildman–Crippen MR) is 69.5 cm³/mol. The molecule has 1 aliphatic rings. The highest BCUT2D eigenvalue weighted by molar-refractivity contribution is 5.90. The molecule has 0 spiro atoms. The van der Waals surface area contributed by atoms with Gasteiger partial charge in [-0.1, -0.05) is 0 Å². The number of rotatable bonds is 6. The first-order valence-corrected chi connectivity index (χ1v) is 6.17. The number of hydrogen-bond acceptors (Lipinski definition) is 7. The molecule has 1 fully saturated rings. The van der Waals surface area contributed by atoms with Crippen molar-refractivity contribution < 1.29 is 19.6 Å². The van der Waals surface area contributed by atoms with Crippen LogP contribution in [0.15, 0.2) is 12.3 Å². The van der Waals surface area contributed by atoms with Crippen molar-refractivity contribution in [2.45, 2.75) is 18.9 Å². The summed E-state index contributed by atoms with van der Waals surface area (Å²) in [4.78, 5) is 25.5. The van der Waals surface area contributed by atoms with E-state index in [0.29, 0.717) is 0 Å². The molecule has 1 saturated carbocycles. The van der Waals surface area contributed by atoms with Crippen LogP contribution in [0.2, 0.25) is 0 Å². The second kappa shape index (κ2) is 5.83. The number of carbonyl (C=O) groups excluding carboxylic acids is 1. The second-order valence-electron chi connectivity index (χ2n) is 4.63. The summed E-state index contributed by atoms with van der Waals surface area (Å²) < 4.78 is 4.49. The molecule has 8 nitrogen and oxygen atoms in total. The number of nitrogens with one attached hydrogen (secondary N) is 1. The lowest BCUT2D eigenvalue weighted by Gasteiger charge is -2.11. The van der Waals surface area contributed by atoms with Crippen LogP contribution in [0, 0.1) is 16.0 Å². The van der Waals surface area contributed by atoms with Crippen LogP contribution in [0.4, 0.5) is 11.5 Å². The van der Waals surface area contributed by atoms with Crippen molar-refractivity contribution in [3.63, 3.8) is 0 Å². The summed E-state index contributed by atoms with van der Waals surface area (Å²) in [6, 6.07) is 1.10. The number of aromatic nitrogens is 1. The van der Waals surface area contributed by atoms with Gasteiger partial charge in [0, 0.05) is 18.8 Å². The zero-order valence-electron chi connectivity index (χ0n) is 10.9. The molecule has 0 radical (unpaired) electrons. The van der Waals surface area contributed by atoms with Crippen LogP contribution < -0.4 is 5.32 Å². The zero-order chi connectivity index (χ0) is 14.7. The van der Waals surface area contributed by atoms with Gasteiger partial charge in [-0.15, -0.1) is 0 Å². The van der Waals surface area contributed by atoms with Gasteiger partial charge in [-0.3, -0.25) is 10.1 Å². The number of aliphatic hydroxyl groups is 1. The molecule has 1 atom stereocenters. The highest BCUT2D eigenvalue weighted by Gasteiger charge is 2.30. The van der Waals surface area contributed by atoms with E-state index >= 15 is 0 Å². The smallest absolute Gasteiger partial charge is 0.339 e. The first-order chi connectivity index (χ1) is 9.52. The predicted octanol–water partition coefficient (Wildman–Crippen LogP) is 0.959. The monoisotopic (exact) mass is 281 g/mol. The van der Waals surface area contributed by atoms with Crippen molar-refractivity contribution in [3.05, 3.63) is 27.9 Å². The van der Waals surface area contributed by atoms with Crippen LogP contribution in [-0.2, 0) is 4.74 Å². The molecule has 1 aromatic rings. The molecule has 1 aliphatic carbocycles. The fourth-order valence-electron chi connectivity index (χ4n) is 1.81. The molecule has 108 valence electrons. The van der Waals surface area contributed by atoms with E-state index in [0.717, 1.165) is 18.9 Å². The first-order valence-electron chi connectivity index (χ1n) is 6.17. The fraction of sp³-hybridized carbons (Fsp3) is 0.500. The first kappa shape index (κ1) is 14.2. The van der Waals surface area contributed by atoms with Crippen molar-refractivity contribution in [1.29, 1.82) is 0 Å². The summed E-state index contributed by atoms with van der Waals surface area (Å²) in [5.41, 5.74) is -0.316. The zero-order valence-corrected chi connectivity index (χ0v) is 10.9.